The molecule has 2 aromatic rings. The van der Waals surface area contributed by atoms with Crippen LogP contribution in [-0.2, 0) is 19.6 Å². The number of hydroxylamine groups is 1. The van der Waals surface area contributed by atoms with Gasteiger partial charge in [-0.1, -0.05) is 11.6 Å². The molecule has 0 bridgehead atoms. The zero-order valence-corrected chi connectivity index (χ0v) is 23.0. The minimum Gasteiger partial charge on any atom is -0.379 e. The Bertz CT molecular complexity index is 1170. The number of sulfonamides is 1. The van der Waals surface area contributed by atoms with Crippen LogP contribution in [0.3, 0.4) is 0 Å². The molecule has 2 N–H and O–H groups in total. The van der Waals surface area contributed by atoms with Crippen LogP contribution in [0.25, 0.3) is 0 Å². The summed E-state index contributed by atoms with van der Waals surface area (Å²) < 4.78 is 34.8. The van der Waals surface area contributed by atoms with Gasteiger partial charge in [-0.05, 0) is 84.7 Å². The van der Waals surface area contributed by atoms with Gasteiger partial charge in [0.1, 0.15) is 0 Å². The molecule has 1 aliphatic carbocycles. The zero-order chi connectivity index (χ0) is 25.0. The van der Waals surface area contributed by atoms with E-state index in [0.29, 0.717) is 55.2 Å². The van der Waals surface area contributed by atoms with Crippen LogP contribution in [0.2, 0.25) is 5.02 Å². The van der Waals surface area contributed by atoms with Gasteiger partial charge in [0.25, 0.3) is 15.9 Å². The molecule has 1 amide bonds. The van der Waals surface area contributed by atoms with Crippen molar-refractivity contribution in [3.05, 3.63) is 50.6 Å². The normalized spacial score (nSPS) is 16.9. The molecule has 0 spiro atoms. The summed E-state index contributed by atoms with van der Waals surface area (Å²) in [6, 6.07) is 9.81. The smallest absolute Gasteiger partial charge is 0.276 e. The Morgan fingerprint density at radius 3 is 2.60 bits per heavy atom. The fourth-order valence-corrected chi connectivity index (χ4v) is 6.17. The average molecular weight is 635 g/mol. The molecule has 1 aliphatic heterocycles. The van der Waals surface area contributed by atoms with Gasteiger partial charge < -0.3 is 10.1 Å². The van der Waals surface area contributed by atoms with Crippen molar-refractivity contribution < 1.29 is 22.8 Å². The van der Waals surface area contributed by atoms with Crippen LogP contribution in [0.4, 0.5) is 11.4 Å². The number of morpholine rings is 1. The molecule has 2 fully saturated rings. The number of nitrogens with one attached hydrogen (secondary N) is 2. The molecule has 1 saturated heterocycles. The molecule has 4 rings (SSSR count). The van der Waals surface area contributed by atoms with Crippen LogP contribution in [0.1, 0.15) is 30.1 Å². The topological polar surface area (TPSA) is 100 Å². The van der Waals surface area contributed by atoms with E-state index in [1.807, 2.05) is 6.07 Å². The van der Waals surface area contributed by atoms with E-state index in [-0.39, 0.29) is 17.0 Å². The predicted molar refractivity (Wildman–Crippen MR) is 142 cm³/mol. The molecule has 0 radical (unpaired) electrons. The second-order valence-electron chi connectivity index (χ2n) is 8.35. The third kappa shape index (κ3) is 6.64. The number of hydrogen-bond acceptors (Lipinski definition) is 7. The molecule has 2 aliphatic rings. The fraction of sp³-hybridized carbons (Fsp3) is 0.435. The van der Waals surface area contributed by atoms with Gasteiger partial charge in [-0.25, -0.2) is 18.9 Å². The maximum absolute atomic E-state index is 13.6. The highest BCUT2D eigenvalue weighted by Gasteiger charge is 2.31. The third-order valence-electron chi connectivity index (χ3n) is 5.77. The number of hydrazine groups is 1. The Balaban J connectivity index is 1.66. The first kappa shape index (κ1) is 26.6. The summed E-state index contributed by atoms with van der Waals surface area (Å²) in [6.45, 7) is 4.40. The number of nitrogens with zero attached hydrogens (tertiary/aromatic N) is 2. The van der Waals surface area contributed by atoms with Gasteiger partial charge in [0, 0.05) is 23.2 Å². The van der Waals surface area contributed by atoms with Crippen LogP contribution in [0.5, 0.6) is 0 Å². The SMILES string of the molecule is CCN(N1CCOCC1)S(=O)(=O)c1ccc(C(=O)NOCC2CC2)c(Nc2ccc(I)cc2Cl)c1. The van der Waals surface area contributed by atoms with Crippen molar-refractivity contribution in [1.82, 2.24) is 14.9 Å². The highest BCUT2D eigenvalue weighted by Crippen LogP contribution is 2.32. The van der Waals surface area contributed by atoms with Crippen molar-refractivity contribution in [1.29, 1.82) is 0 Å². The van der Waals surface area contributed by atoms with E-state index in [1.54, 1.807) is 24.1 Å². The van der Waals surface area contributed by atoms with E-state index >= 15 is 0 Å². The number of benzene rings is 2. The molecule has 12 heteroatoms. The molecular weight excluding hydrogens is 607 g/mol. The van der Waals surface area contributed by atoms with Gasteiger partial charge in [-0.3, -0.25) is 9.63 Å². The molecule has 190 valence electrons. The van der Waals surface area contributed by atoms with Crippen molar-refractivity contribution in [3.63, 3.8) is 0 Å². The van der Waals surface area contributed by atoms with Crippen molar-refractivity contribution in [3.8, 4) is 0 Å². The number of carbonyl (C=O) groups is 1. The summed E-state index contributed by atoms with van der Waals surface area (Å²) in [6.07, 6.45) is 2.19. The Morgan fingerprint density at radius 2 is 1.94 bits per heavy atom. The van der Waals surface area contributed by atoms with E-state index in [1.165, 1.54) is 22.6 Å². The first-order chi connectivity index (χ1) is 16.8. The highest BCUT2D eigenvalue weighted by atomic mass is 127. The quantitative estimate of drug-likeness (QED) is 0.301. The molecule has 1 heterocycles. The summed E-state index contributed by atoms with van der Waals surface area (Å²) in [5.74, 6) is 0.00508. The molecule has 1 saturated carbocycles. The van der Waals surface area contributed by atoms with Crippen LogP contribution in [0.15, 0.2) is 41.3 Å². The van der Waals surface area contributed by atoms with Crippen molar-refractivity contribution in [2.24, 2.45) is 5.92 Å². The number of ether oxygens (including phenoxy) is 1. The maximum Gasteiger partial charge on any atom is 0.276 e. The summed E-state index contributed by atoms with van der Waals surface area (Å²) in [7, 11) is -3.88. The molecule has 0 unspecified atom stereocenters. The lowest BCUT2D eigenvalue weighted by Crippen LogP contribution is -2.51. The van der Waals surface area contributed by atoms with E-state index in [0.717, 1.165) is 16.4 Å². The fourth-order valence-electron chi connectivity index (χ4n) is 3.71. The van der Waals surface area contributed by atoms with Gasteiger partial charge in [0.15, 0.2) is 0 Å². The van der Waals surface area contributed by atoms with Crippen LogP contribution in [0, 0.1) is 9.49 Å². The van der Waals surface area contributed by atoms with Crippen molar-refractivity contribution >= 4 is 61.5 Å². The Labute approximate surface area is 224 Å². The molecule has 0 aromatic heterocycles. The van der Waals surface area contributed by atoms with E-state index in [2.05, 4.69) is 33.4 Å². The van der Waals surface area contributed by atoms with E-state index in [4.69, 9.17) is 21.2 Å². The highest BCUT2D eigenvalue weighted by molar-refractivity contribution is 14.1. The molecule has 0 atom stereocenters. The van der Waals surface area contributed by atoms with E-state index < -0.39 is 15.9 Å². The number of amides is 1. The minimum absolute atomic E-state index is 0.0606. The molecule has 35 heavy (non-hydrogen) atoms. The van der Waals surface area contributed by atoms with Crippen molar-refractivity contribution in [2.75, 3.05) is 44.8 Å². The summed E-state index contributed by atoms with van der Waals surface area (Å²) in [4.78, 5) is 18.3. The average Bonchev–Trinajstić information content (AvgIpc) is 3.66. The van der Waals surface area contributed by atoms with Gasteiger partial charge in [-0.15, -0.1) is 4.41 Å². The number of carbonyl (C=O) groups excluding carboxylic acids is 1. The Hall–Kier alpha value is -1.48. The third-order valence-corrected chi connectivity index (χ3v) is 8.64. The standard InChI is InChI=1S/C23H28ClIN4O5S/c1-2-29(28-9-11-33-12-10-28)35(31,32)18-6-7-19(23(30)27-34-15-16-3-4-16)22(14-18)26-21-8-5-17(25)13-20(21)24/h5-8,13-14,16,26H,2-4,9-12,15H2,1H3,(H,27,30). The molecule has 2 aromatic carbocycles. The number of hydrogen-bond donors (Lipinski definition) is 2. The second kappa shape index (κ2) is 11.7. The molecular formula is C23H28ClIN4O5S. The zero-order valence-electron chi connectivity index (χ0n) is 19.3. The van der Waals surface area contributed by atoms with Gasteiger partial charge in [-0.2, -0.15) is 0 Å². The Kier molecular flexibility index (Phi) is 8.90. The predicted octanol–water partition coefficient (Wildman–Crippen LogP) is 4.02. The van der Waals surface area contributed by atoms with Crippen LogP contribution < -0.4 is 10.8 Å². The lowest BCUT2D eigenvalue weighted by atomic mass is 10.1. The summed E-state index contributed by atoms with van der Waals surface area (Å²) in [5.41, 5.74) is 3.56. The van der Waals surface area contributed by atoms with Crippen LogP contribution >= 0.6 is 34.2 Å². The first-order valence-electron chi connectivity index (χ1n) is 11.4. The summed E-state index contributed by atoms with van der Waals surface area (Å²) in [5, 5.41) is 5.36. The monoisotopic (exact) mass is 634 g/mol. The minimum atomic E-state index is -3.88. The van der Waals surface area contributed by atoms with Gasteiger partial charge in [0.2, 0.25) is 0 Å². The second-order valence-corrected chi connectivity index (χ2v) is 11.8. The van der Waals surface area contributed by atoms with Crippen molar-refractivity contribution in [2.45, 2.75) is 24.7 Å². The number of halogens is 2. The molecule has 9 nitrogen and oxygen atoms in total. The van der Waals surface area contributed by atoms with Gasteiger partial charge in [0.05, 0.1) is 46.7 Å². The first-order valence-corrected chi connectivity index (χ1v) is 14.3. The van der Waals surface area contributed by atoms with Gasteiger partial charge >= 0.3 is 0 Å². The Morgan fingerprint density at radius 1 is 1.20 bits per heavy atom. The summed E-state index contributed by atoms with van der Waals surface area (Å²) >= 11 is 8.56. The van der Waals surface area contributed by atoms with Crippen LogP contribution in [-0.4, -0.2) is 63.2 Å². The number of anilines is 2. The lowest BCUT2D eigenvalue weighted by molar-refractivity contribution is -0.0397. The lowest BCUT2D eigenvalue weighted by Gasteiger charge is -2.35. The number of rotatable bonds is 10. The largest absolute Gasteiger partial charge is 0.379 e. The maximum atomic E-state index is 13.6. The van der Waals surface area contributed by atoms with E-state index in [9.17, 15) is 13.2 Å².